The van der Waals surface area contributed by atoms with Crippen LogP contribution in [-0.4, -0.2) is 20.5 Å². The molecule has 7 heteroatoms. The van der Waals surface area contributed by atoms with Crippen LogP contribution in [0.5, 0.6) is 0 Å². The Labute approximate surface area is 138 Å². The van der Waals surface area contributed by atoms with Crippen molar-refractivity contribution in [3.63, 3.8) is 0 Å². The Morgan fingerprint density at radius 2 is 1.91 bits per heavy atom. The van der Waals surface area contributed by atoms with Gasteiger partial charge in [-0.2, -0.15) is 13.2 Å². The molecule has 1 fully saturated rings. The number of aromatic nitrogens is 3. The van der Waals surface area contributed by atoms with Crippen molar-refractivity contribution in [2.24, 2.45) is 0 Å². The second kappa shape index (κ2) is 4.80. The Bertz CT molecular complexity index is 897. The predicted octanol–water partition coefficient (Wildman–Crippen LogP) is 4.75. The quantitative estimate of drug-likeness (QED) is 0.599. The van der Waals surface area contributed by atoms with E-state index in [1.807, 2.05) is 6.07 Å². The van der Waals surface area contributed by atoms with Gasteiger partial charge in [0.1, 0.15) is 10.3 Å². The molecule has 0 amide bonds. The van der Waals surface area contributed by atoms with Crippen molar-refractivity contribution in [3.8, 4) is 11.4 Å². The number of hydrogen-bond donors (Lipinski definition) is 0. The molecule has 0 aliphatic heterocycles. The minimum absolute atomic E-state index is 0.140. The van der Waals surface area contributed by atoms with Gasteiger partial charge in [0.2, 0.25) is 0 Å². The Balaban J connectivity index is 1.88. The molecule has 1 aliphatic carbocycles. The lowest BCUT2D eigenvalue weighted by molar-refractivity contribution is -0.160. The lowest BCUT2D eigenvalue weighted by atomic mass is 9.97. The van der Waals surface area contributed by atoms with Crippen molar-refractivity contribution in [1.29, 1.82) is 0 Å². The van der Waals surface area contributed by atoms with Crippen LogP contribution in [0.3, 0.4) is 0 Å². The van der Waals surface area contributed by atoms with Crippen LogP contribution < -0.4 is 0 Å². The molecule has 1 saturated carbocycles. The first-order valence-electron chi connectivity index (χ1n) is 7.08. The molecule has 23 heavy (non-hydrogen) atoms. The first-order valence-corrected chi connectivity index (χ1v) is 7.87. The second-order valence-electron chi connectivity index (χ2n) is 5.71. The highest BCUT2D eigenvalue weighted by Crippen LogP contribution is 2.58. The molecule has 0 saturated heterocycles. The summed E-state index contributed by atoms with van der Waals surface area (Å²) in [7, 11) is 0. The highest BCUT2D eigenvalue weighted by atomic mass is 79.9. The molecule has 1 aliphatic rings. The average molecular weight is 382 g/mol. The number of halogens is 4. The van der Waals surface area contributed by atoms with Crippen LogP contribution in [0.2, 0.25) is 0 Å². The monoisotopic (exact) mass is 381 g/mol. The minimum Gasteiger partial charge on any atom is -0.298 e. The van der Waals surface area contributed by atoms with Crippen molar-refractivity contribution < 1.29 is 13.2 Å². The van der Waals surface area contributed by atoms with E-state index in [4.69, 9.17) is 0 Å². The van der Waals surface area contributed by atoms with Gasteiger partial charge in [0.15, 0.2) is 0 Å². The highest BCUT2D eigenvalue weighted by molar-refractivity contribution is 9.10. The standard InChI is InChI=1S/C16H11BrF3N3/c17-13-3-1-2-11(22-13)12-8-21-14-5-4-10(9-23(12)14)15(6-7-15)16(18,19)20/h1-5,8-9H,6-7H2. The first kappa shape index (κ1) is 14.7. The largest absolute Gasteiger partial charge is 0.398 e. The van der Waals surface area contributed by atoms with Crippen LogP contribution in [0.15, 0.2) is 47.3 Å². The summed E-state index contributed by atoms with van der Waals surface area (Å²) in [5.74, 6) is 0. The van der Waals surface area contributed by atoms with Gasteiger partial charge in [-0.15, -0.1) is 0 Å². The SMILES string of the molecule is FC(F)(F)C1(c2ccc3ncc(-c4cccc(Br)n4)n3c2)CC1. The number of fused-ring (bicyclic) bond motifs is 1. The number of nitrogens with zero attached hydrogens (tertiary/aromatic N) is 3. The molecule has 3 aromatic heterocycles. The fourth-order valence-electron chi connectivity index (χ4n) is 2.86. The molecule has 0 N–H and O–H groups in total. The van der Waals surface area contributed by atoms with Crippen molar-refractivity contribution >= 4 is 21.6 Å². The third-order valence-corrected chi connectivity index (χ3v) is 4.77. The van der Waals surface area contributed by atoms with Gasteiger partial charge in [-0.1, -0.05) is 12.1 Å². The van der Waals surface area contributed by atoms with Gasteiger partial charge in [0, 0.05) is 6.20 Å². The Morgan fingerprint density at radius 3 is 2.57 bits per heavy atom. The maximum absolute atomic E-state index is 13.3. The van der Waals surface area contributed by atoms with Gasteiger partial charge in [-0.05, 0) is 52.5 Å². The minimum atomic E-state index is -4.23. The van der Waals surface area contributed by atoms with Crippen LogP contribution in [0.4, 0.5) is 13.2 Å². The van der Waals surface area contributed by atoms with E-state index in [0.717, 1.165) is 0 Å². The van der Waals surface area contributed by atoms with Gasteiger partial charge in [-0.3, -0.25) is 4.40 Å². The van der Waals surface area contributed by atoms with Crippen LogP contribution >= 0.6 is 15.9 Å². The van der Waals surface area contributed by atoms with E-state index in [2.05, 4.69) is 25.9 Å². The van der Waals surface area contributed by atoms with Crippen molar-refractivity contribution in [2.75, 3.05) is 0 Å². The molecule has 118 valence electrons. The molecule has 0 unspecified atom stereocenters. The molecule has 0 bridgehead atoms. The number of hydrogen-bond acceptors (Lipinski definition) is 2. The summed E-state index contributed by atoms with van der Waals surface area (Å²) in [6.07, 6.45) is -0.778. The predicted molar refractivity (Wildman–Crippen MR) is 83.1 cm³/mol. The van der Waals surface area contributed by atoms with E-state index in [0.29, 0.717) is 21.6 Å². The summed E-state index contributed by atoms with van der Waals surface area (Å²) in [5, 5.41) is 0. The summed E-state index contributed by atoms with van der Waals surface area (Å²) < 4.78 is 42.4. The van der Waals surface area contributed by atoms with Crippen LogP contribution in [0.1, 0.15) is 18.4 Å². The first-order chi connectivity index (χ1) is 10.9. The van der Waals surface area contributed by atoms with E-state index in [9.17, 15) is 13.2 Å². The Morgan fingerprint density at radius 1 is 1.13 bits per heavy atom. The zero-order valence-corrected chi connectivity index (χ0v) is 13.4. The summed E-state index contributed by atoms with van der Waals surface area (Å²) in [4.78, 5) is 8.61. The van der Waals surface area contributed by atoms with E-state index in [1.165, 1.54) is 6.07 Å². The van der Waals surface area contributed by atoms with Crippen LogP contribution in [0.25, 0.3) is 17.0 Å². The molecule has 3 heterocycles. The molecule has 3 nitrogen and oxygen atoms in total. The van der Waals surface area contributed by atoms with Crippen molar-refractivity contribution in [3.05, 3.63) is 52.9 Å². The number of pyridine rings is 2. The average Bonchev–Trinajstić information content (AvgIpc) is 3.22. The molecule has 0 aromatic carbocycles. The summed E-state index contributed by atoms with van der Waals surface area (Å²) in [6.45, 7) is 0. The smallest absolute Gasteiger partial charge is 0.298 e. The van der Waals surface area contributed by atoms with Crippen LogP contribution in [0, 0.1) is 0 Å². The van der Waals surface area contributed by atoms with Gasteiger partial charge >= 0.3 is 6.18 Å². The Kier molecular flexibility index (Phi) is 3.07. The van der Waals surface area contributed by atoms with E-state index < -0.39 is 11.6 Å². The summed E-state index contributed by atoms with van der Waals surface area (Å²) in [5.41, 5.74) is 0.505. The third kappa shape index (κ3) is 2.25. The van der Waals surface area contributed by atoms with E-state index >= 15 is 0 Å². The Hall–Kier alpha value is -1.89. The summed E-state index contributed by atoms with van der Waals surface area (Å²) >= 11 is 3.30. The molecule has 3 aromatic rings. The van der Waals surface area contributed by atoms with E-state index in [1.54, 1.807) is 35.0 Å². The lowest BCUT2D eigenvalue weighted by Gasteiger charge is -2.19. The number of imidazole rings is 1. The zero-order valence-electron chi connectivity index (χ0n) is 11.8. The molecule has 0 spiro atoms. The normalized spacial score (nSPS) is 16.7. The maximum atomic E-state index is 13.3. The fourth-order valence-corrected chi connectivity index (χ4v) is 3.21. The van der Waals surface area contributed by atoms with Crippen molar-refractivity contribution in [1.82, 2.24) is 14.4 Å². The zero-order chi connectivity index (χ0) is 16.2. The highest BCUT2D eigenvalue weighted by Gasteiger charge is 2.64. The number of alkyl halides is 3. The maximum Gasteiger partial charge on any atom is 0.398 e. The van der Waals surface area contributed by atoms with Gasteiger partial charge in [0.05, 0.1) is 23.0 Å². The fraction of sp³-hybridized carbons (Fsp3) is 0.250. The van der Waals surface area contributed by atoms with Gasteiger partial charge < -0.3 is 0 Å². The second-order valence-corrected chi connectivity index (χ2v) is 6.53. The molecular formula is C16H11BrF3N3. The number of rotatable bonds is 2. The van der Waals surface area contributed by atoms with Gasteiger partial charge in [0.25, 0.3) is 0 Å². The molecule has 0 radical (unpaired) electrons. The third-order valence-electron chi connectivity index (χ3n) is 4.33. The van der Waals surface area contributed by atoms with Crippen LogP contribution in [-0.2, 0) is 5.41 Å². The van der Waals surface area contributed by atoms with E-state index in [-0.39, 0.29) is 18.4 Å². The van der Waals surface area contributed by atoms with Crippen molar-refractivity contribution in [2.45, 2.75) is 24.4 Å². The summed E-state index contributed by atoms with van der Waals surface area (Å²) in [6, 6.07) is 8.58. The molecule has 0 atom stereocenters. The topological polar surface area (TPSA) is 30.2 Å². The lowest BCUT2D eigenvalue weighted by Crippen LogP contribution is -2.28. The van der Waals surface area contributed by atoms with Gasteiger partial charge in [-0.25, -0.2) is 9.97 Å². The molecule has 4 rings (SSSR count). The molecular weight excluding hydrogens is 371 g/mol.